The van der Waals surface area contributed by atoms with E-state index in [2.05, 4.69) is 16.5 Å². The number of hydrogen-bond acceptors (Lipinski definition) is 5. The number of carbonyl (C=O) groups is 1. The Kier molecular flexibility index (Phi) is 8.75. The van der Waals surface area contributed by atoms with Crippen LogP contribution in [0.4, 0.5) is 0 Å². The first-order valence-corrected chi connectivity index (χ1v) is 13.2. The minimum absolute atomic E-state index is 0.109. The van der Waals surface area contributed by atoms with Gasteiger partial charge in [0.2, 0.25) is 10.0 Å². The summed E-state index contributed by atoms with van der Waals surface area (Å²) in [5, 5.41) is 0. The molecule has 1 atom stereocenters. The Morgan fingerprint density at radius 3 is 2.58 bits per heavy atom. The van der Waals surface area contributed by atoms with Gasteiger partial charge in [-0.05, 0) is 76.2 Å². The van der Waals surface area contributed by atoms with Crippen molar-refractivity contribution in [2.45, 2.75) is 69.2 Å². The topological polar surface area (TPSA) is 79.0 Å². The molecule has 174 valence electrons. The quantitative estimate of drug-likeness (QED) is 0.583. The molecule has 2 aliphatic heterocycles. The maximum absolute atomic E-state index is 13.0. The lowest BCUT2D eigenvalue weighted by molar-refractivity contribution is 0.0720. The maximum atomic E-state index is 13.0. The number of ether oxygens (including phenoxy) is 1. The summed E-state index contributed by atoms with van der Waals surface area (Å²) in [4.78, 5) is 17.4. The summed E-state index contributed by atoms with van der Waals surface area (Å²) in [5.41, 5.74) is 0.311. The Morgan fingerprint density at radius 1 is 1.13 bits per heavy atom. The van der Waals surface area contributed by atoms with E-state index in [0.717, 1.165) is 45.2 Å². The van der Waals surface area contributed by atoms with Gasteiger partial charge in [-0.25, -0.2) is 13.1 Å². The molecule has 1 N–H and O–H groups in total. The normalized spacial score (nSPS) is 20.6. The molecule has 2 heterocycles. The van der Waals surface area contributed by atoms with Gasteiger partial charge < -0.3 is 14.5 Å². The highest BCUT2D eigenvalue weighted by Crippen LogP contribution is 2.25. The van der Waals surface area contributed by atoms with Gasteiger partial charge in [0.15, 0.2) is 0 Å². The molecule has 1 aromatic carbocycles. The zero-order valence-corrected chi connectivity index (χ0v) is 19.8. The Labute approximate surface area is 187 Å². The molecule has 7 nitrogen and oxygen atoms in total. The summed E-state index contributed by atoms with van der Waals surface area (Å²) >= 11 is 0. The zero-order chi connectivity index (χ0) is 22.3. The van der Waals surface area contributed by atoms with E-state index in [-0.39, 0.29) is 10.8 Å². The van der Waals surface area contributed by atoms with Crippen LogP contribution in [0.1, 0.15) is 68.6 Å². The van der Waals surface area contributed by atoms with Gasteiger partial charge in [0, 0.05) is 25.7 Å². The molecule has 1 aromatic rings. The number of hydrogen-bond donors (Lipinski definition) is 1. The van der Waals surface area contributed by atoms with E-state index >= 15 is 0 Å². The van der Waals surface area contributed by atoms with E-state index in [0.29, 0.717) is 37.0 Å². The summed E-state index contributed by atoms with van der Waals surface area (Å²) in [6.07, 6.45) is 8.74. The van der Waals surface area contributed by atoms with Gasteiger partial charge in [-0.3, -0.25) is 4.79 Å². The molecule has 3 rings (SSSR count). The SMILES string of the molecule is CC[C@@H]1CCCCN1CCCNS(=O)(=O)c1ccc(OC)c(C(=O)N2CCCCC2)c1. The van der Waals surface area contributed by atoms with Gasteiger partial charge in [0.25, 0.3) is 5.91 Å². The number of methoxy groups -OCH3 is 1. The van der Waals surface area contributed by atoms with Crippen LogP contribution in [0.3, 0.4) is 0 Å². The summed E-state index contributed by atoms with van der Waals surface area (Å²) in [7, 11) is -2.19. The van der Waals surface area contributed by atoms with E-state index in [4.69, 9.17) is 4.74 Å². The largest absolute Gasteiger partial charge is 0.496 e. The lowest BCUT2D eigenvalue weighted by atomic mass is 10.00. The van der Waals surface area contributed by atoms with Gasteiger partial charge in [0.05, 0.1) is 17.6 Å². The van der Waals surface area contributed by atoms with Crippen LogP contribution in [-0.2, 0) is 10.0 Å². The molecule has 1 amide bonds. The van der Waals surface area contributed by atoms with Gasteiger partial charge in [-0.1, -0.05) is 13.3 Å². The number of likely N-dealkylation sites (tertiary alicyclic amines) is 2. The Balaban J connectivity index is 1.63. The van der Waals surface area contributed by atoms with E-state index in [1.807, 2.05) is 0 Å². The Morgan fingerprint density at radius 2 is 1.87 bits per heavy atom. The van der Waals surface area contributed by atoms with Gasteiger partial charge in [0.1, 0.15) is 5.75 Å². The molecule has 0 aliphatic carbocycles. The van der Waals surface area contributed by atoms with Crippen molar-refractivity contribution in [2.75, 3.05) is 39.8 Å². The third-order valence-corrected chi connectivity index (χ3v) is 7.95. The van der Waals surface area contributed by atoms with Crippen molar-refractivity contribution in [2.24, 2.45) is 0 Å². The fourth-order valence-corrected chi connectivity index (χ4v) is 5.78. The number of sulfonamides is 1. The Bertz CT molecular complexity index is 837. The second-order valence-corrected chi connectivity index (χ2v) is 10.3. The molecule has 0 radical (unpaired) electrons. The van der Waals surface area contributed by atoms with Crippen LogP contribution in [-0.4, -0.2) is 70.0 Å². The molecule has 31 heavy (non-hydrogen) atoms. The number of nitrogens with zero attached hydrogens (tertiary/aromatic N) is 2. The number of rotatable bonds is 9. The Hall–Kier alpha value is -1.64. The lowest BCUT2D eigenvalue weighted by Gasteiger charge is -2.35. The molecule has 2 fully saturated rings. The summed E-state index contributed by atoms with van der Waals surface area (Å²) in [5.74, 6) is 0.245. The van der Waals surface area contributed by atoms with Gasteiger partial charge >= 0.3 is 0 Å². The molecule has 2 aliphatic rings. The molecule has 8 heteroatoms. The van der Waals surface area contributed by atoms with Crippen molar-refractivity contribution in [3.63, 3.8) is 0 Å². The molecule has 0 spiro atoms. The minimum atomic E-state index is -3.69. The van der Waals surface area contributed by atoms with Gasteiger partial charge in [-0.15, -0.1) is 0 Å². The van der Waals surface area contributed by atoms with Crippen LogP contribution in [0, 0.1) is 0 Å². The molecular formula is C23H37N3O4S. The van der Waals surface area contributed by atoms with Crippen LogP contribution in [0.2, 0.25) is 0 Å². The van der Waals surface area contributed by atoms with Crippen LogP contribution in [0.5, 0.6) is 5.75 Å². The third-order valence-electron chi connectivity index (χ3n) is 6.49. The fourth-order valence-electron chi connectivity index (χ4n) is 4.68. The average Bonchev–Trinajstić information content (AvgIpc) is 2.81. The molecule has 0 bridgehead atoms. The number of carbonyl (C=O) groups excluding carboxylic acids is 1. The highest BCUT2D eigenvalue weighted by molar-refractivity contribution is 7.89. The molecular weight excluding hydrogens is 414 g/mol. The number of benzene rings is 1. The van der Waals surface area contributed by atoms with Crippen molar-refractivity contribution < 1.29 is 17.9 Å². The van der Waals surface area contributed by atoms with Crippen LogP contribution < -0.4 is 9.46 Å². The van der Waals surface area contributed by atoms with E-state index < -0.39 is 10.0 Å². The van der Waals surface area contributed by atoms with Crippen LogP contribution >= 0.6 is 0 Å². The summed E-state index contributed by atoms with van der Waals surface area (Å²) in [6.45, 7) is 6.02. The molecule has 0 saturated carbocycles. The monoisotopic (exact) mass is 451 g/mol. The highest BCUT2D eigenvalue weighted by atomic mass is 32.2. The second kappa shape index (κ2) is 11.3. The van der Waals surface area contributed by atoms with Crippen LogP contribution in [0.15, 0.2) is 23.1 Å². The summed E-state index contributed by atoms with van der Waals surface area (Å²) < 4.78 is 33.8. The molecule has 2 saturated heterocycles. The smallest absolute Gasteiger partial charge is 0.257 e. The first-order chi connectivity index (χ1) is 15.0. The molecule has 0 unspecified atom stereocenters. The first kappa shape index (κ1) is 24.0. The lowest BCUT2D eigenvalue weighted by Crippen LogP contribution is -2.40. The molecule has 0 aromatic heterocycles. The standard InChI is InChI=1S/C23H37N3O4S/c1-3-19-10-5-8-14-25(19)17-9-13-24-31(28,29)20-11-12-22(30-2)21(18-20)23(27)26-15-6-4-7-16-26/h11-12,18-19,24H,3-10,13-17H2,1-2H3/t19-/m1/s1. The fraction of sp³-hybridized carbons (Fsp3) is 0.696. The predicted molar refractivity (Wildman–Crippen MR) is 122 cm³/mol. The van der Waals surface area contributed by atoms with Gasteiger partial charge in [-0.2, -0.15) is 0 Å². The number of amides is 1. The average molecular weight is 452 g/mol. The van der Waals surface area contributed by atoms with Crippen molar-refractivity contribution in [3.8, 4) is 5.75 Å². The number of nitrogens with one attached hydrogen (secondary N) is 1. The maximum Gasteiger partial charge on any atom is 0.257 e. The van der Waals surface area contributed by atoms with Crippen LogP contribution in [0.25, 0.3) is 0 Å². The predicted octanol–water partition coefficient (Wildman–Crippen LogP) is 3.25. The second-order valence-electron chi connectivity index (χ2n) is 8.56. The third kappa shape index (κ3) is 6.20. The van der Waals surface area contributed by atoms with Crippen molar-refractivity contribution in [1.82, 2.24) is 14.5 Å². The zero-order valence-electron chi connectivity index (χ0n) is 18.9. The minimum Gasteiger partial charge on any atom is -0.496 e. The van der Waals surface area contributed by atoms with Crippen molar-refractivity contribution in [1.29, 1.82) is 0 Å². The first-order valence-electron chi connectivity index (χ1n) is 11.7. The summed E-state index contributed by atoms with van der Waals surface area (Å²) in [6, 6.07) is 5.16. The van der Waals surface area contributed by atoms with Crippen molar-refractivity contribution >= 4 is 15.9 Å². The van der Waals surface area contributed by atoms with E-state index in [9.17, 15) is 13.2 Å². The van der Waals surface area contributed by atoms with E-state index in [1.165, 1.54) is 38.5 Å². The van der Waals surface area contributed by atoms with Crippen molar-refractivity contribution in [3.05, 3.63) is 23.8 Å². The van der Waals surface area contributed by atoms with E-state index in [1.54, 1.807) is 11.0 Å². The number of piperidine rings is 2. The highest BCUT2D eigenvalue weighted by Gasteiger charge is 2.25.